The van der Waals surface area contributed by atoms with Gasteiger partial charge in [0.1, 0.15) is 0 Å². The SMILES string of the molecule is CC1=C(C(=O)N(C)C)C(c2ccc(C(F)(F)F)cc2)N2C(CC(=O)NCc3cccnc3)=CSC2=N1. The molecule has 0 aliphatic carbocycles. The van der Waals surface area contributed by atoms with Gasteiger partial charge in [0, 0.05) is 38.7 Å². The van der Waals surface area contributed by atoms with Gasteiger partial charge in [-0.3, -0.25) is 14.6 Å². The fourth-order valence-corrected chi connectivity index (χ4v) is 4.95. The summed E-state index contributed by atoms with van der Waals surface area (Å²) in [6.45, 7) is 2.01. The molecule has 2 amide bonds. The minimum Gasteiger partial charge on any atom is -0.352 e. The maximum absolute atomic E-state index is 13.2. The first-order chi connectivity index (χ1) is 17.1. The zero-order chi connectivity index (χ0) is 26.0. The van der Waals surface area contributed by atoms with E-state index in [1.54, 1.807) is 49.8 Å². The average Bonchev–Trinajstić information content (AvgIpc) is 3.23. The number of nitrogens with zero attached hydrogens (tertiary/aromatic N) is 4. The van der Waals surface area contributed by atoms with Gasteiger partial charge in [-0.05, 0) is 41.7 Å². The summed E-state index contributed by atoms with van der Waals surface area (Å²) in [5, 5.41) is 5.20. The molecule has 1 atom stereocenters. The predicted octanol–water partition coefficient (Wildman–Crippen LogP) is 4.47. The van der Waals surface area contributed by atoms with Crippen LogP contribution in [-0.4, -0.2) is 45.9 Å². The first-order valence-corrected chi connectivity index (χ1v) is 11.9. The molecule has 0 spiro atoms. The molecule has 0 saturated carbocycles. The largest absolute Gasteiger partial charge is 0.416 e. The van der Waals surface area contributed by atoms with Gasteiger partial charge in [0.25, 0.3) is 5.91 Å². The van der Waals surface area contributed by atoms with Crippen molar-refractivity contribution >= 4 is 28.7 Å². The number of aliphatic imine (C=N–C) groups is 1. The molecule has 1 aromatic carbocycles. The molecule has 0 fully saturated rings. The fourth-order valence-electron chi connectivity index (χ4n) is 3.98. The number of thioether (sulfide) groups is 1. The summed E-state index contributed by atoms with van der Waals surface area (Å²) in [4.78, 5) is 37.7. The molecule has 36 heavy (non-hydrogen) atoms. The Morgan fingerprint density at radius 3 is 2.50 bits per heavy atom. The molecule has 11 heteroatoms. The number of hydrogen-bond acceptors (Lipinski definition) is 6. The number of fused-ring (bicyclic) bond motifs is 1. The van der Waals surface area contributed by atoms with E-state index in [0.29, 0.717) is 34.2 Å². The molecule has 0 bridgehead atoms. The van der Waals surface area contributed by atoms with Crippen molar-refractivity contribution in [1.29, 1.82) is 0 Å². The summed E-state index contributed by atoms with van der Waals surface area (Å²) in [7, 11) is 3.21. The maximum atomic E-state index is 13.2. The van der Waals surface area contributed by atoms with Gasteiger partial charge in [0.2, 0.25) is 5.91 Å². The van der Waals surface area contributed by atoms with Gasteiger partial charge in [0.15, 0.2) is 5.17 Å². The molecular weight excluding hydrogens is 491 g/mol. The topological polar surface area (TPSA) is 77.9 Å². The summed E-state index contributed by atoms with van der Waals surface area (Å²) in [6.07, 6.45) is -1.17. The number of aromatic nitrogens is 1. The molecule has 0 radical (unpaired) electrons. The van der Waals surface area contributed by atoms with Crippen LogP contribution in [0.15, 0.2) is 76.2 Å². The molecule has 1 N–H and O–H groups in total. The van der Waals surface area contributed by atoms with E-state index in [9.17, 15) is 22.8 Å². The van der Waals surface area contributed by atoms with Crippen molar-refractivity contribution in [3.8, 4) is 0 Å². The van der Waals surface area contributed by atoms with Gasteiger partial charge in [-0.25, -0.2) is 4.99 Å². The van der Waals surface area contributed by atoms with Gasteiger partial charge < -0.3 is 15.1 Å². The predicted molar refractivity (Wildman–Crippen MR) is 131 cm³/mol. The van der Waals surface area contributed by atoms with Crippen molar-refractivity contribution in [2.45, 2.75) is 32.1 Å². The number of amidine groups is 1. The van der Waals surface area contributed by atoms with Gasteiger partial charge in [0.05, 0.1) is 29.3 Å². The van der Waals surface area contributed by atoms with Crippen LogP contribution in [0.1, 0.15) is 36.1 Å². The molecule has 1 unspecified atom stereocenters. The maximum Gasteiger partial charge on any atom is 0.416 e. The van der Waals surface area contributed by atoms with Crippen molar-refractivity contribution in [2.75, 3.05) is 14.1 Å². The van der Waals surface area contributed by atoms with E-state index in [1.807, 2.05) is 6.07 Å². The fraction of sp³-hybridized carbons (Fsp3) is 0.280. The van der Waals surface area contributed by atoms with Crippen molar-refractivity contribution in [2.24, 2.45) is 4.99 Å². The Labute approximate surface area is 210 Å². The lowest BCUT2D eigenvalue weighted by molar-refractivity contribution is -0.137. The van der Waals surface area contributed by atoms with E-state index in [-0.39, 0.29) is 18.2 Å². The van der Waals surface area contributed by atoms with Crippen LogP contribution in [0.4, 0.5) is 13.2 Å². The Kier molecular flexibility index (Phi) is 7.21. The summed E-state index contributed by atoms with van der Waals surface area (Å²) in [5.74, 6) is -0.553. The summed E-state index contributed by atoms with van der Waals surface area (Å²) in [5.41, 5.74) is 1.98. The van der Waals surface area contributed by atoms with Crippen LogP contribution in [0.3, 0.4) is 0 Å². The number of hydrogen-bond donors (Lipinski definition) is 1. The van der Waals surface area contributed by atoms with Gasteiger partial charge in [-0.15, -0.1) is 0 Å². The van der Waals surface area contributed by atoms with E-state index in [2.05, 4.69) is 15.3 Å². The second kappa shape index (κ2) is 10.2. The zero-order valence-electron chi connectivity index (χ0n) is 19.8. The van der Waals surface area contributed by atoms with Crippen molar-refractivity contribution < 1.29 is 22.8 Å². The minimum atomic E-state index is -4.48. The summed E-state index contributed by atoms with van der Waals surface area (Å²) >= 11 is 1.31. The van der Waals surface area contributed by atoms with Crippen LogP contribution in [-0.2, 0) is 22.3 Å². The van der Waals surface area contributed by atoms with E-state index in [4.69, 9.17) is 0 Å². The highest BCUT2D eigenvalue weighted by Crippen LogP contribution is 2.45. The van der Waals surface area contributed by atoms with E-state index in [1.165, 1.54) is 28.8 Å². The highest BCUT2D eigenvalue weighted by molar-refractivity contribution is 8.16. The quantitative estimate of drug-likeness (QED) is 0.614. The number of halogens is 3. The number of likely N-dealkylation sites (N-methyl/N-ethyl adjacent to an activating group) is 1. The van der Waals surface area contributed by atoms with Crippen molar-refractivity contribution in [1.82, 2.24) is 20.1 Å². The van der Waals surface area contributed by atoms with Crippen LogP contribution in [0.2, 0.25) is 0 Å². The number of carbonyl (C=O) groups is 2. The Hall–Kier alpha value is -3.60. The monoisotopic (exact) mass is 515 g/mol. The smallest absolute Gasteiger partial charge is 0.352 e. The van der Waals surface area contributed by atoms with Crippen LogP contribution >= 0.6 is 11.8 Å². The third-order valence-electron chi connectivity index (χ3n) is 5.75. The van der Waals surface area contributed by atoms with Crippen LogP contribution in [0, 0.1) is 0 Å². The number of amides is 2. The van der Waals surface area contributed by atoms with Crippen LogP contribution < -0.4 is 5.32 Å². The second-order valence-electron chi connectivity index (χ2n) is 8.53. The molecule has 188 valence electrons. The lowest BCUT2D eigenvalue weighted by Gasteiger charge is -2.37. The molecule has 2 aromatic rings. The molecule has 2 aliphatic rings. The molecule has 0 saturated heterocycles. The number of allylic oxidation sites excluding steroid dienone is 1. The Balaban J connectivity index is 1.65. The van der Waals surface area contributed by atoms with Crippen molar-refractivity contribution in [3.05, 3.63) is 87.9 Å². The highest BCUT2D eigenvalue weighted by atomic mass is 32.2. The molecule has 4 rings (SSSR count). The number of benzene rings is 1. The standard InChI is InChI=1S/C25H24F3N5O2S/c1-15-21(23(35)32(2)3)22(17-6-8-18(9-7-17)25(26,27)28)33-19(14-36-24(33)31-15)11-20(34)30-13-16-5-4-10-29-12-16/h4-10,12,14,22H,11,13H2,1-3H3,(H,30,34). The third-order valence-corrected chi connectivity index (χ3v) is 6.63. The average molecular weight is 516 g/mol. The Morgan fingerprint density at radius 2 is 1.89 bits per heavy atom. The van der Waals surface area contributed by atoms with Gasteiger partial charge in [-0.1, -0.05) is 30.0 Å². The minimum absolute atomic E-state index is 0.00585. The lowest BCUT2D eigenvalue weighted by atomic mass is 9.92. The molecular formula is C25H24F3N5O2S. The van der Waals surface area contributed by atoms with Gasteiger partial charge >= 0.3 is 6.18 Å². The van der Waals surface area contributed by atoms with E-state index in [0.717, 1.165) is 17.7 Å². The Morgan fingerprint density at radius 1 is 1.17 bits per heavy atom. The number of pyridine rings is 1. The van der Waals surface area contributed by atoms with Gasteiger partial charge in [-0.2, -0.15) is 13.2 Å². The first kappa shape index (κ1) is 25.5. The summed E-state index contributed by atoms with van der Waals surface area (Å²) < 4.78 is 39.6. The van der Waals surface area contributed by atoms with Crippen molar-refractivity contribution in [3.63, 3.8) is 0 Å². The van der Waals surface area contributed by atoms with Crippen LogP contribution in [0.25, 0.3) is 0 Å². The molecule has 3 heterocycles. The third kappa shape index (κ3) is 5.30. The zero-order valence-corrected chi connectivity index (χ0v) is 20.7. The molecule has 1 aromatic heterocycles. The normalized spacial score (nSPS) is 17.4. The summed E-state index contributed by atoms with van der Waals surface area (Å²) in [6, 6.07) is 7.64. The van der Waals surface area contributed by atoms with E-state index >= 15 is 0 Å². The first-order valence-electron chi connectivity index (χ1n) is 11.0. The molecule has 7 nitrogen and oxygen atoms in total. The number of carbonyl (C=O) groups excluding carboxylic acids is 2. The highest BCUT2D eigenvalue weighted by Gasteiger charge is 2.41. The Bertz CT molecular complexity index is 1250. The number of alkyl halides is 3. The second-order valence-corrected chi connectivity index (χ2v) is 9.36. The molecule has 2 aliphatic heterocycles. The van der Waals surface area contributed by atoms with Crippen LogP contribution in [0.5, 0.6) is 0 Å². The van der Waals surface area contributed by atoms with E-state index < -0.39 is 17.8 Å². The number of rotatable bonds is 6. The lowest BCUT2D eigenvalue weighted by Crippen LogP contribution is -2.40. The number of nitrogens with one attached hydrogen (secondary N) is 1.